The highest BCUT2D eigenvalue weighted by Crippen LogP contribution is 2.20. The van der Waals surface area contributed by atoms with Gasteiger partial charge in [-0.2, -0.15) is 5.10 Å². The van der Waals surface area contributed by atoms with E-state index in [1.807, 2.05) is 29.1 Å². The fraction of sp³-hybridized carbons (Fsp3) is 0.0714. The highest BCUT2D eigenvalue weighted by atomic mass is 15.3. The predicted molar refractivity (Wildman–Crippen MR) is 73.2 cm³/mol. The lowest BCUT2D eigenvalue weighted by Crippen LogP contribution is -1.99. The van der Waals surface area contributed by atoms with E-state index < -0.39 is 0 Å². The van der Waals surface area contributed by atoms with Crippen LogP contribution in [-0.2, 0) is 6.54 Å². The normalized spacial score (nSPS) is 10.5. The first kappa shape index (κ1) is 11.4. The molecule has 94 valence electrons. The number of nitrogens with zero attached hydrogens (tertiary/aromatic N) is 4. The Kier molecular flexibility index (Phi) is 2.94. The first-order valence-electron chi connectivity index (χ1n) is 5.96. The largest absolute Gasteiger partial charge is 0.382 e. The number of benzene rings is 1. The fourth-order valence-corrected chi connectivity index (χ4v) is 1.91. The van der Waals surface area contributed by atoms with Gasteiger partial charge in [-0.15, -0.1) is 0 Å². The molecule has 2 N–H and O–H groups in total. The Morgan fingerprint density at radius 3 is 2.63 bits per heavy atom. The molecule has 0 unspecified atom stereocenters. The van der Waals surface area contributed by atoms with Gasteiger partial charge in [0, 0.05) is 24.2 Å². The van der Waals surface area contributed by atoms with Gasteiger partial charge in [-0.1, -0.05) is 30.3 Å². The minimum atomic E-state index is 0.418. The van der Waals surface area contributed by atoms with Crippen molar-refractivity contribution >= 4 is 5.82 Å². The Hall–Kier alpha value is -2.69. The number of nitrogen functional groups attached to an aromatic ring is 1. The first-order chi connectivity index (χ1) is 9.33. The standard InChI is InChI=1S/C14H13N5/c15-14-13(16-6-7-17-14)12-8-18-19(10-12)9-11-4-2-1-3-5-11/h1-8,10H,9H2,(H2,15,17). The molecule has 0 bridgehead atoms. The number of hydrogen-bond acceptors (Lipinski definition) is 4. The quantitative estimate of drug-likeness (QED) is 0.772. The number of hydrogen-bond donors (Lipinski definition) is 1. The van der Waals surface area contributed by atoms with Gasteiger partial charge < -0.3 is 5.73 Å². The van der Waals surface area contributed by atoms with Gasteiger partial charge in [0.2, 0.25) is 0 Å². The van der Waals surface area contributed by atoms with Crippen molar-refractivity contribution in [2.24, 2.45) is 0 Å². The molecule has 0 amide bonds. The van der Waals surface area contributed by atoms with E-state index in [1.54, 1.807) is 18.6 Å². The maximum absolute atomic E-state index is 5.80. The Morgan fingerprint density at radius 1 is 1.05 bits per heavy atom. The van der Waals surface area contributed by atoms with Gasteiger partial charge in [-0.3, -0.25) is 9.67 Å². The third kappa shape index (κ3) is 2.44. The summed E-state index contributed by atoms with van der Waals surface area (Å²) in [6.45, 7) is 0.723. The van der Waals surface area contributed by atoms with E-state index in [1.165, 1.54) is 5.56 Å². The lowest BCUT2D eigenvalue weighted by molar-refractivity contribution is 0.687. The van der Waals surface area contributed by atoms with Crippen LogP contribution in [0.4, 0.5) is 5.82 Å². The molecule has 0 saturated heterocycles. The first-order valence-corrected chi connectivity index (χ1v) is 5.96. The highest BCUT2D eigenvalue weighted by Gasteiger charge is 2.07. The Bertz CT molecular complexity index is 675. The molecule has 3 aromatic rings. The number of rotatable bonds is 3. The van der Waals surface area contributed by atoms with Crippen molar-refractivity contribution in [3.8, 4) is 11.3 Å². The van der Waals surface area contributed by atoms with E-state index in [-0.39, 0.29) is 0 Å². The zero-order valence-corrected chi connectivity index (χ0v) is 10.3. The summed E-state index contributed by atoms with van der Waals surface area (Å²) in [6, 6.07) is 10.2. The molecule has 0 aliphatic carbocycles. The Balaban J connectivity index is 1.86. The summed E-state index contributed by atoms with van der Waals surface area (Å²) in [6.07, 6.45) is 6.88. The van der Waals surface area contributed by atoms with Crippen LogP contribution in [0.5, 0.6) is 0 Å². The zero-order chi connectivity index (χ0) is 13.1. The van der Waals surface area contributed by atoms with Gasteiger partial charge in [0.1, 0.15) is 11.5 Å². The van der Waals surface area contributed by atoms with Crippen LogP contribution in [0.2, 0.25) is 0 Å². The van der Waals surface area contributed by atoms with Crippen LogP contribution in [0.3, 0.4) is 0 Å². The van der Waals surface area contributed by atoms with Gasteiger partial charge in [-0.25, -0.2) is 4.98 Å². The monoisotopic (exact) mass is 251 g/mol. The molecule has 2 aromatic heterocycles. The maximum atomic E-state index is 5.80. The predicted octanol–water partition coefficient (Wildman–Crippen LogP) is 1.97. The molecule has 0 aliphatic heterocycles. The summed E-state index contributed by atoms with van der Waals surface area (Å²) in [5, 5.41) is 4.32. The van der Waals surface area contributed by atoms with Crippen molar-refractivity contribution < 1.29 is 0 Å². The summed E-state index contributed by atoms with van der Waals surface area (Å²) in [7, 11) is 0. The Labute approximate surface area is 110 Å². The van der Waals surface area contributed by atoms with Crippen LogP contribution in [-0.4, -0.2) is 19.7 Å². The second-order valence-electron chi connectivity index (χ2n) is 4.20. The van der Waals surface area contributed by atoms with Crippen LogP contribution in [0.15, 0.2) is 55.1 Å². The van der Waals surface area contributed by atoms with E-state index in [0.29, 0.717) is 11.5 Å². The molecular weight excluding hydrogens is 238 g/mol. The minimum Gasteiger partial charge on any atom is -0.382 e. The second kappa shape index (κ2) is 4.89. The van der Waals surface area contributed by atoms with E-state index in [2.05, 4.69) is 27.2 Å². The van der Waals surface area contributed by atoms with Crippen LogP contribution in [0.25, 0.3) is 11.3 Å². The molecular formula is C14H13N5. The second-order valence-corrected chi connectivity index (χ2v) is 4.20. The summed E-state index contributed by atoms with van der Waals surface area (Å²) < 4.78 is 1.86. The SMILES string of the molecule is Nc1nccnc1-c1cnn(Cc2ccccc2)c1. The fourth-order valence-electron chi connectivity index (χ4n) is 1.91. The van der Waals surface area contributed by atoms with Crippen molar-refractivity contribution in [1.82, 2.24) is 19.7 Å². The summed E-state index contributed by atoms with van der Waals surface area (Å²) in [5.74, 6) is 0.418. The molecule has 0 radical (unpaired) electrons. The smallest absolute Gasteiger partial charge is 0.150 e. The van der Waals surface area contributed by atoms with E-state index in [9.17, 15) is 0 Å². The molecule has 5 nitrogen and oxygen atoms in total. The summed E-state index contributed by atoms with van der Waals surface area (Å²) in [4.78, 5) is 8.26. The molecule has 5 heteroatoms. The summed E-state index contributed by atoms with van der Waals surface area (Å²) in [5.41, 5.74) is 8.55. The molecule has 2 heterocycles. The van der Waals surface area contributed by atoms with Gasteiger partial charge in [-0.05, 0) is 5.56 Å². The van der Waals surface area contributed by atoms with Crippen molar-refractivity contribution in [2.75, 3.05) is 5.73 Å². The van der Waals surface area contributed by atoms with Crippen molar-refractivity contribution in [1.29, 1.82) is 0 Å². The van der Waals surface area contributed by atoms with E-state index >= 15 is 0 Å². The van der Waals surface area contributed by atoms with Crippen LogP contribution < -0.4 is 5.73 Å². The Morgan fingerprint density at radius 2 is 1.84 bits per heavy atom. The molecule has 0 aliphatic rings. The molecule has 19 heavy (non-hydrogen) atoms. The van der Waals surface area contributed by atoms with E-state index in [0.717, 1.165) is 12.1 Å². The van der Waals surface area contributed by atoms with Gasteiger partial charge in [0.15, 0.2) is 0 Å². The lowest BCUT2D eigenvalue weighted by Gasteiger charge is -2.01. The number of anilines is 1. The molecule has 0 saturated carbocycles. The van der Waals surface area contributed by atoms with Crippen molar-refractivity contribution in [3.63, 3.8) is 0 Å². The molecule has 1 aromatic carbocycles. The molecule has 3 rings (SSSR count). The lowest BCUT2D eigenvalue weighted by atomic mass is 10.2. The van der Waals surface area contributed by atoms with E-state index in [4.69, 9.17) is 5.73 Å². The maximum Gasteiger partial charge on any atom is 0.150 e. The van der Waals surface area contributed by atoms with Gasteiger partial charge in [0.25, 0.3) is 0 Å². The summed E-state index contributed by atoms with van der Waals surface area (Å²) >= 11 is 0. The van der Waals surface area contributed by atoms with Crippen LogP contribution in [0, 0.1) is 0 Å². The minimum absolute atomic E-state index is 0.418. The van der Waals surface area contributed by atoms with Crippen LogP contribution >= 0.6 is 0 Å². The molecule has 0 spiro atoms. The van der Waals surface area contributed by atoms with Crippen molar-refractivity contribution in [3.05, 3.63) is 60.7 Å². The molecule has 0 fully saturated rings. The number of nitrogens with two attached hydrogens (primary N) is 1. The number of aromatic nitrogens is 4. The average molecular weight is 251 g/mol. The topological polar surface area (TPSA) is 69.6 Å². The average Bonchev–Trinajstić information content (AvgIpc) is 2.89. The van der Waals surface area contributed by atoms with Gasteiger partial charge >= 0.3 is 0 Å². The molecule has 0 atom stereocenters. The van der Waals surface area contributed by atoms with Crippen molar-refractivity contribution in [2.45, 2.75) is 6.54 Å². The van der Waals surface area contributed by atoms with Crippen LogP contribution in [0.1, 0.15) is 5.56 Å². The van der Waals surface area contributed by atoms with Gasteiger partial charge in [0.05, 0.1) is 12.7 Å². The zero-order valence-electron chi connectivity index (χ0n) is 10.3. The third-order valence-electron chi connectivity index (χ3n) is 2.82. The third-order valence-corrected chi connectivity index (χ3v) is 2.82. The highest BCUT2D eigenvalue weighted by molar-refractivity contribution is 5.67.